The van der Waals surface area contributed by atoms with Crippen LogP contribution in [0.25, 0.3) is 33.3 Å². The van der Waals surface area contributed by atoms with Crippen LogP contribution in [0.2, 0.25) is 0 Å². The molecule has 2 aromatic heterocycles. The Bertz CT molecular complexity index is 1580. The first-order valence-electron chi connectivity index (χ1n) is 12.6. The quantitative estimate of drug-likeness (QED) is 0.174. The number of H-pyrrole nitrogens is 1. The lowest BCUT2D eigenvalue weighted by molar-refractivity contribution is 0.163. The van der Waals surface area contributed by atoms with E-state index in [-0.39, 0.29) is 18.4 Å². The van der Waals surface area contributed by atoms with Gasteiger partial charge in [-0.2, -0.15) is 9.44 Å². The van der Waals surface area contributed by atoms with Crippen molar-refractivity contribution in [3.63, 3.8) is 0 Å². The number of hydroxylamine groups is 1. The number of anilines is 1. The number of nitrogens with one attached hydrogen (secondary N) is 2. The average molecular weight is 595 g/mol. The van der Waals surface area contributed by atoms with Gasteiger partial charge in [0.15, 0.2) is 11.5 Å². The van der Waals surface area contributed by atoms with E-state index in [1.54, 1.807) is 21.3 Å². The predicted octanol–water partition coefficient (Wildman–Crippen LogP) is 6.73. The van der Waals surface area contributed by atoms with Crippen LogP contribution in [0.5, 0.6) is 17.2 Å². The van der Waals surface area contributed by atoms with Crippen LogP contribution in [0.4, 0.5) is 10.5 Å². The number of hydrogen-bond donors (Lipinski definition) is 2. The summed E-state index contributed by atoms with van der Waals surface area (Å²) in [6, 6.07) is 21.1. The third-order valence-corrected chi connectivity index (χ3v) is 7.15. The molecule has 0 spiro atoms. The maximum Gasteiger partial charge on any atom is 0.346 e. The predicted molar refractivity (Wildman–Crippen MR) is 165 cm³/mol. The van der Waals surface area contributed by atoms with Gasteiger partial charge in [-0.05, 0) is 58.9 Å². The molecule has 0 saturated carbocycles. The molecule has 0 aliphatic heterocycles. The highest BCUT2D eigenvalue weighted by molar-refractivity contribution is 7.04. The molecule has 0 fully saturated rings. The van der Waals surface area contributed by atoms with Gasteiger partial charge in [-0.3, -0.25) is 4.84 Å². The molecule has 5 aromatic rings. The van der Waals surface area contributed by atoms with Crippen molar-refractivity contribution in [3.05, 3.63) is 77.8 Å². The van der Waals surface area contributed by atoms with Crippen LogP contribution < -0.4 is 24.6 Å². The molecule has 0 atom stereocenters. The molecule has 41 heavy (non-hydrogen) atoms. The lowest BCUT2D eigenvalue weighted by Crippen LogP contribution is -2.40. The van der Waals surface area contributed by atoms with E-state index in [1.807, 2.05) is 60.0 Å². The van der Waals surface area contributed by atoms with E-state index in [1.165, 1.54) is 23.7 Å². The number of urea groups is 1. The van der Waals surface area contributed by atoms with Gasteiger partial charge >= 0.3 is 6.03 Å². The summed E-state index contributed by atoms with van der Waals surface area (Å²) >= 11 is 1.34. The van der Waals surface area contributed by atoms with Gasteiger partial charge in [-0.25, -0.2) is 4.79 Å². The van der Waals surface area contributed by atoms with Crippen LogP contribution in [0.1, 0.15) is 5.69 Å². The van der Waals surface area contributed by atoms with Crippen LogP contribution in [0, 0.1) is 0 Å². The number of carbonyl (C=O) groups is 1. The number of para-hydroxylation sites is 1. The number of aromatic nitrogens is 2. The second kappa shape index (κ2) is 13.4. The van der Waals surface area contributed by atoms with Gasteiger partial charge in [0.1, 0.15) is 0 Å². The Labute approximate surface area is 248 Å². The molecule has 0 radical (unpaired) electrons. The van der Waals surface area contributed by atoms with Gasteiger partial charge < -0.3 is 24.5 Å². The fourth-order valence-corrected chi connectivity index (χ4v) is 5.33. The Morgan fingerprint density at radius 3 is 2.37 bits per heavy atom. The fraction of sp³-hybridized carbons (Fsp3) is 0.200. The summed E-state index contributed by atoms with van der Waals surface area (Å²) in [5.41, 5.74) is 6.07. The maximum atomic E-state index is 13.1. The number of ether oxygens (including phenoxy) is 3. The average Bonchev–Trinajstić information content (AvgIpc) is 3.64. The van der Waals surface area contributed by atoms with Crippen molar-refractivity contribution in [3.8, 4) is 39.6 Å². The molecule has 9 nitrogen and oxygen atoms in total. The summed E-state index contributed by atoms with van der Waals surface area (Å²) in [5.74, 6) is 1.59. The molecule has 0 aliphatic carbocycles. The van der Waals surface area contributed by atoms with Crippen LogP contribution in [0.3, 0.4) is 0 Å². The lowest BCUT2D eigenvalue weighted by Gasteiger charge is -2.21. The van der Waals surface area contributed by atoms with E-state index < -0.39 is 0 Å². The van der Waals surface area contributed by atoms with E-state index in [4.69, 9.17) is 19.0 Å². The van der Waals surface area contributed by atoms with E-state index in [0.29, 0.717) is 35.9 Å². The summed E-state index contributed by atoms with van der Waals surface area (Å²) in [5, 5.41) is 7.30. The largest absolute Gasteiger partial charge is 0.493 e. The highest BCUT2D eigenvalue weighted by Crippen LogP contribution is 2.43. The molecule has 2 N–H and O–H groups in total. The van der Waals surface area contributed by atoms with Crippen LogP contribution in [0.15, 0.2) is 72.1 Å². The lowest BCUT2D eigenvalue weighted by atomic mass is 10.0. The molecule has 3 aromatic carbocycles. The third-order valence-electron chi connectivity index (χ3n) is 6.52. The smallest absolute Gasteiger partial charge is 0.346 e. The molecule has 5 rings (SSSR count). The SMILES string of the molecule is COc1cc(-c2nscc2-c2cccc(N(OC)C(=O)NCCc3cc4ccccc4[nH]3)c2)cc(OC)c1OC.Cl. The van der Waals surface area contributed by atoms with Crippen molar-refractivity contribution in [2.24, 2.45) is 0 Å². The number of rotatable bonds is 10. The van der Waals surface area contributed by atoms with E-state index in [9.17, 15) is 4.79 Å². The molecule has 0 saturated heterocycles. The normalized spacial score (nSPS) is 10.6. The van der Waals surface area contributed by atoms with Gasteiger partial charge in [-0.1, -0.05) is 30.3 Å². The summed E-state index contributed by atoms with van der Waals surface area (Å²) in [6.45, 7) is 0.449. The second-order valence-corrected chi connectivity index (χ2v) is 9.51. The summed E-state index contributed by atoms with van der Waals surface area (Å²) in [4.78, 5) is 21.9. The standard InChI is InChI=1S/C30H30N4O5S.ClH/c1-36-26-16-21(17-27(37-2)29(26)38-3)28-24(18-40-33-28)19-9-7-10-23(15-19)34(39-4)30(35)31-13-12-22-14-20-8-5-6-11-25(20)32-22;/h5-11,14-18,32H,12-13H2,1-4H3,(H,31,35);1H. The first-order valence-corrected chi connectivity index (χ1v) is 13.4. The van der Waals surface area contributed by atoms with Gasteiger partial charge in [0.2, 0.25) is 5.75 Å². The highest BCUT2D eigenvalue weighted by atomic mass is 35.5. The minimum atomic E-state index is -0.357. The van der Waals surface area contributed by atoms with Crippen molar-refractivity contribution in [2.75, 3.05) is 40.0 Å². The van der Waals surface area contributed by atoms with Crippen molar-refractivity contribution in [1.29, 1.82) is 0 Å². The Hall–Kier alpha value is -4.25. The molecular weight excluding hydrogens is 564 g/mol. The van der Waals surface area contributed by atoms with E-state index in [0.717, 1.165) is 39.0 Å². The Kier molecular flexibility index (Phi) is 9.72. The number of amides is 2. The summed E-state index contributed by atoms with van der Waals surface area (Å²) in [7, 11) is 6.20. The van der Waals surface area contributed by atoms with Gasteiger partial charge in [0.05, 0.1) is 39.8 Å². The summed E-state index contributed by atoms with van der Waals surface area (Å²) < 4.78 is 21.2. The zero-order chi connectivity index (χ0) is 28.1. The van der Waals surface area contributed by atoms with Gasteiger partial charge in [-0.15, -0.1) is 12.4 Å². The zero-order valence-corrected chi connectivity index (χ0v) is 24.7. The molecule has 0 aliphatic rings. The first kappa shape index (κ1) is 29.7. The maximum absolute atomic E-state index is 13.1. The molecule has 0 bridgehead atoms. The number of aromatic amines is 1. The van der Waals surface area contributed by atoms with Crippen LogP contribution in [-0.4, -0.2) is 50.4 Å². The molecule has 11 heteroatoms. The Morgan fingerprint density at radius 1 is 0.927 bits per heavy atom. The third kappa shape index (κ3) is 6.25. The number of halogens is 1. The topological polar surface area (TPSA) is 97.9 Å². The molecular formula is C30H31ClN4O5S. The minimum absolute atomic E-state index is 0. The number of fused-ring (bicyclic) bond motifs is 1. The van der Waals surface area contributed by atoms with Gasteiger partial charge in [0, 0.05) is 40.7 Å². The Morgan fingerprint density at radius 2 is 1.68 bits per heavy atom. The number of nitrogens with zero attached hydrogens (tertiary/aromatic N) is 2. The van der Waals surface area contributed by atoms with Gasteiger partial charge in [0.25, 0.3) is 0 Å². The molecule has 2 heterocycles. The molecule has 214 valence electrons. The fourth-order valence-electron chi connectivity index (χ4n) is 4.62. The summed E-state index contributed by atoms with van der Waals surface area (Å²) in [6.07, 6.45) is 0.663. The number of carbonyl (C=O) groups excluding carboxylic acids is 1. The Balaban J connectivity index is 0.00000387. The van der Waals surface area contributed by atoms with E-state index in [2.05, 4.69) is 26.8 Å². The van der Waals surface area contributed by atoms with Crippen molar-refractivity contribution in [2.45, 2.75) is 6.42 Å². The monoisotopic (exact) mass is 594 g/mol. The molecule has 2 amide bonds. The van der Waals surface area contributed by atoms with Crippen molar-refractivity contribution >= 4 is 46.6 Å². The first-order chi connectivity index (χ1) is 19.6. The van der Waals surface area contributed by atoms with E-state index >= 15 is 0 Å². The number of benzene rings is 3. The van der Waals surface area contributed by atoms with Crippen molar-refractivity contribution < 1.29 is 23.8 Å². The van der Waals surface area contributed by atoms with Crippen molar-refractivity contribution in [1.82, 2.24) is 14.7 Å². The van der Waals surface area contributed by atoms with Crippen LogP contribution in [-0.2, 0) is 11.3 Å². The minimum Gasteiger partial charge on any atom is -0.493 e. The second-order valence-electron chi connectivity index (χ2n) is 8.88. The molecule has 0 unspecified atom stereocenters. The number of hydrogen-bond acceptors (Lipinski definition) is 7. The van der Waals surface area contributed by atoms with Crippen LogP contribution >= 0.6 is 23.9 Å². The number of methoxy groups -OCH3 is 3. The zero-order valence-electron chi connectivity index (χ0n) is 23.1. The highest BCUT2D eigenvalue weighted by Gasteiger charge is 2.20.